The number of rotatable bonds is 6. The number of aromatic nitrogens is 3. The number of anilines is 1. The molecule has 2 aromatic heterocycles. The lowest BCUT2D eigenvalue weighted by Gasteiger charge is -2.20. The fourth-order valence-electron chi connectivity index (χ4n) is 1.99. The van der Waals surface area contributed by atoms with Gasteiger partial charge in [-0.1, -0.05) is 0 Å². The molecule has 19 heavy (non-hydrogen) atoms. The highest BCUT2D eigenvalue weighted by atomic mass is 15.3. The van der Waals surface area contributed by atoms with E-state index in [0.29, 0.717) is 6.04 Å². The Morgan fingerprint density at radius 2 is 2.16 bits per heavy atom. The molecule has 5 nitrogen and oxygen atoms in total. The van der Waals surface area contributed by atoms with Crippen molar-refractivity contribution >= 4 is 11.5 Å². The average molecular weight is 261 g/mol. The first kappa shape index (κ1) is 13.8. The zero-order valence-electron chi connectivity index (χ0n) is 12.2. The quantitative estimate of drug-likeness (QED) is 0.810. The van der Waals surface area contributed by atoms with E-state index in [-0.39, 0.29) is 0 Å². The van der Waals surface area contributed by atoms with Crippen molar-refractivity contribution < 1.29 is 0 Å². The van der Waals surface area contributed by atoms with Gasteiger partial charge in [-0.15, -0.1) is 0 Å². The first-order valence-corrected chi connectivity index (χ1v) is 6.82. The van der Waals surface area contributed by atoms with E-state index < -0.39 is 0 Å². The van der Waals surface area contributed by atoms with E-state index in [1.807, 2.05) is 10.6 Å². The lowest BCUT2D eigenvalue weighted by Crippen LogP contribution is -2.28. The summed E-state index contributed by atoms with van der Waals surface area (Å²) in [6.45, 7) is 8.54. The fraction of sp³-hybridized carbons (Fsp3) is 0.571. The maximum absolute atomic E-state index is 4.23. The standard InChI is InChI=1S/C14H23N5/c1-11(2)18(4)7-5-6-15-13-8-12(3)9-14-16-10-17-19(13)14/h8-11,15H,5-7H2,1-4H3. The van der Waals surface area contributed by atoms with Crippen LogP contribution in [0.2, 0.25) is 0 Å². The van der Waals surface area contributed by atoms with Crippen molar-refractivity contribution in [2.75, 3.05) is 25.5 Å². The average Bonchev–Trinajstić information content (AvgIpc) is 2.81. The third-order valence-electron chi connectivity index (χ3n) is 3.40. The Labute approximate surface area is 114 Å². The van der Waals surface area contributed by atoms with Crippen LogP contribution < -0.4 is 5.32 Å². The van der Waals surface area contributed by atoms with Gasteiger partial charge in [0, 0.05) is 12.6 Å². The Morgan fingerprint density at radius 3 is 2.89 bits per heavy atom. The Kier molecular flexibility index (Phi) is 4.37. The molecule has 2 heterocycles. The van der Waals surface area contributed by atoms with E-state index in [4.69, 9.17) is 0 Å². The molecule has 0 spiro atoms. The predicted molar refractivity (Wildman–Crippen MR) is 78.6 cm³/mol. The highest BCUT2D eigenvalue weighted by Gasteiger charge is 2.05. The summed E-state index contributed by atoms with van der Waals surface area (Å²) in [5, 5.41) is 7.68. The largest absolute Gasteiger partial charge is 0.370 e. The van der Waals surface area contributed by atoms with Gasteiger partial charge < -0.3 is 10.2 Å². The molecule has 0 atom stereocenters. The number of hydrogen-bond donors (Lipinski definition) is 1. The number of nitrogens with zero attached hydrogens (tertiary/aromatic N) is 4. The van der Waals surface area contributed by atoms with Crippen molar-refractivity contribution in [3.63, 3.8) is 0 Å². The number of pyridine rings is 1. The summed E-state index contributed by atoms with van der Waals surface area (Å²) >= 11 is 0. The van der Waals surface area contributed by atoms with Gasteiger partial charge in [0.25, 0.3) is 0 Å². The van der Waals surface area contributed by atoms with Crippen LogP contribution in [0.5, 0.6) is 0 Å². The second-order valence-electron chi connectivity index (χ2n) is 5.30. The molecule has 0 bridgehead atoms. The Morgan fingerprint density at radius 1 is 1.37 bits per heavy atom. The van der Waals surface area contributed by atoms with Crippen molar-refractivity contribution in [3.05, 3.63) is 24.0 Å². The molecule has 0 aliphatic heterocycles. The van der Waals surface area contributed by atoms with E-state index >= 15 is 0 Å². The summed E-state index contributed by atoms with van der Waals surface area (Å²) in [6.07, 6.45) is 2.70. The van der Waals surface area contributed by atoms with Crippen LogP contribution in [-0.2, 0) is 0 Å². The maximum Gasteiger partial charge on any atom is 0.157 e. The van der Waals surface area contributed by atoms with Crippen LogP contribution in [0.15, 0.2) is 18.5 Å². The van der Waals surface area contributed by atoms with Crippen LogP contribution in [0.3, 0.4) is 0 Å². The molecule has 1 N–H and O–H groups in total. The summed E-state index contributed by atoms with van der Waals surface area (Å²) in [6, 6.07) is 4.74. The van der Waals surface area contributed by atoms with Gasteiger partial charge in [0.15, 0.2) is 5.65 Å². The second kappa shape index (κ2) is 6.02. The fourth-order valence-corrected chi connectivity index (χ4v) is 1.99. The van der Waals surface area contributed by atoms with Gasteiger partial charge in [0.2, 0.25) is 0 Å². The molecule has 2 rings (SSSR count). The third kappa shape index (κ3) is 3.44. The van der Waals surface area contributed by atoms with Gasteiger partial charge in [-0.05, 0) is 58.5 Å². The van der Waals surface area contributed by atoms with E-state index in [2.05, 4.69) is 54.2 Å². The molecule has 0 saturated heterocycles. The molecule has 0 aromatic carbocycles. The van der Waals surface area contributed by atoms with Crippen molar-refractivity contribution in [2.24, 2.45) is 0 Å². The lowest BCUT2D eigenvalue weighted by atomic mass is 10.3. The summed E-state index contributed by atoms with van der Waals surface area (Å²) in [5.41, 5.74) is 2.09. The molecule has 0 radical (unpaired) electrons. The molecular formula is C14H23N5. The van der Waals surface area contributed by atoms with Gasteiger partial charge in [0.05, 0.1) is 0 Å². The third-order valence-corrected chi connectivity index (χ3v) is 3.40. The Balaban J connectivity index is 1.93. The summed E-state index contributed by atoms with van der Waals surface area (Å²) in [4.78, 5) is 6.57. The maximum atomic E-state index is 4.23. The van der Waals surface area contributed by atoms with E-state index in [9.17, 15) is 0 Å². The van der Waals surface area contributed by atoms with E-state index in [1.54, 1.807) is 6.33 Å². The zero-order chi connectivity index (χ0) is 13.8. The second-order valence-corrected chi connectivity index (χ2v) is 5.30. The van der Waals surface area contributed by atoms with E-state index in [0.717, 1.165) is 31.0 Å². The monoisotopic (exact) mass is 261 g/mol. The van der Waals surface area contributed by atoms with Crippen LogP contribution in [0.25, 0.3) is 5.65 Å². The van der Waals surface area contributed by atoms with Crippen molar-refractivity contribution in [1.29, 1.82) is 0 Å². The molecule has 2 aromatic rings. The predicted octanol–water partition coefficient (Wildman–Crippen LogP) is 2.18. The van der Waals surface area contributed by atoms with Crippen LogP contribution in [-0.4, -0.2) is 45.7 Å². The van der Waals surface area contributed by atoms with Crippen molar-refractivity contribution in [2.45, 2.75) is 33.2 Å². The highest BCUT2D eigenvalue weighted by Crippen LogP contribution is 2.13. The van der Waals surface area contributed by atoms with Crippen LogP contribution in [0.4, 0.5) is 5.82 Å². The van der Waals surface area contributed by atoms with Gasteiger partial charge in [-0.25, -0.2) is 4.98 Å². The topological polar surface area (TPSA) is 45.5 Å². The Bertz CT molecular complexity index is 532. The SMILES string of the molecule is Cc1cc(NCCCN(C)C(C)C)n2ncnc2c1. The van der Waals surface area contributed by atoms with Crippen LogP contribution >= 0.6 is 0 Å². The molecule has 0 fully saturated rings. The van der Waals surface area contributed by atoms with Crippen LogP contribution in [0, 0.1) is 6.92 Å². The number of fused-ring (bicyclic) bond motifs is 1. The van der Waals surface area contributed by atoms with E-state index in [1.165, 1.54) is 5.56 Å². The van der Waals surface area contributed by atoms with Gasteiger partial charge >= 0.3 is 0 Å². The Hall–Kier alpha value is -1.62. The van der Waals surface area contributed by atoms with Gasteiger partial charge in [-0.3, -0.25) is 0 Å². The molecule has 104 valence electrons. The van der Waals surface area contributed by atoms with Gasteiger partial charge in [-0.2, -0.15) is 9.61 Å². The first-order valence-electron chi connectivity index (χ1n) is 6.82. The molecule has 0 aliphatic carbocycles. The smallest absolute Gasteiger partial charge is 0.157 e. The zero-order valence-corrected chi connectivity index (χ0v) is 12.2. The highest BCUT2D eigenvalue weighted by molar-refractivity contribution is 5.51. The number of hydrogen-bond acceptors (Lipinski definition) is 4. The minimum Gasteiger partial charge on any atom is -0.370 e. The number of aryl methyl sites for hydroxylation is 1. The minimum absolute atomic E-state index is 0.598. The molecular weight excluding hydrogens is 238 g/mol. The normalized spacial score (nSPS) is 11.7. The lowest BCUT2D eigenvalue weighted by molar-refractivity contribution is 0.273. The van der Waals surface area contributed by atoms with Crippen LogP contribution in [0.1, 0.15) is 25.8 Å². The minimum atomic E-state index is 0.598. The molecule has 0 unspecified atom stereocenters. The summed E-state index contributed by atoms with van der Waals surface area (Å²) < 4.78 is 1.85. The molecule has 5 heteroatoms. The summed E-state index contributed by atoms with van der Waals surface area (Å²) in [5.74, 6) is 1.01. The first-order chi connectivity index (χ1) is 9.08. The molecule has 0 amide bonds. The van der Waals surface area contributed by atoms with Crippen molar-refractivity contribution in [3.8, 4) is 0 Å². The molecule has 0 aliphatic rings. The van der Waals surface area contributed by atoms with Gasteiger partial charge in [0.1, 0.15) is 12.1 Å². The van der Waals surface area contributed by atoms with Crippen molar-refractivity contribution in [1.82, 2.24) is 19.5 Å². The molecule has 0 saturated carbocycles. The summed E-state index contributed by atoms with van der Waals surface area (Å²) in [7, 11) is 2.16. The number of nitrogens with one attached hydrogen (secondary N) is 1.